The summed E-state index contributed by atoms with van der Waals surface area (Å²) in [6.45, 7) is 0.842. The monoisotopic (exact) mass is 472 g/mol. The molecule has 0 aliphatic carbocycles. The standard InChI is InChI=1S/C21H23F3N2O5S/c1-32(28,29)31-16-10-8-15(9-11-16)13-26(14-17-5-4-12-30-17)20(27)25-19-7-3-2-6-18(19)21(22,23)24/h2-3,6-11,17H,4-5,12-14H2,1H3,(H,25,27). The largest absolute Gasteiger partial charge is 0.418 e. The third-order valence-corrected chi connectivity index (χ3v) is 5.25. The molecule has 1 heterocycles. The van der Waals surface area contributed by atoms with E-state index in [0.717, 1.165) is 25.2 Å². The molecule has 1 fully saturated rings. The maximum atomic E-state index is 13.3. The van der Waals surface area contributed by atoms with Gasteiger partial charge in [0.15, 0.2) is 0 Å². The first-order valence-electron chi connectivity index (χ1n) is 9.83. The highest BCUT2D eigenvalue weighted by molar-refractivity contribution is 7.86. The van der Waals surface area contributed by atoms with Crippen LogP contribution in [0.15, 0.2) is 48.5 Å². The third kappa shape index (κ3) is 6.86. The number of alkyl halides is 3. The van der Waals surface area contributed by atoms with Crippen molar-refractivity contribution < 1.29 is 35.3 Å². The number of carbonyl (C=O) groups is 1. The normalized spacial score (nSPS) is 16.6. The molecule has 0 saturated carbocycles. The van der Waals surface area contributed by atoms with Gasteiger partial charge in [0.2, 0.25) is 0 Å². The van der Waals surface area contributed by atoms with Crippen molar-refractivity contribution in [2.75, 3.05) is 24.7 Å². The Kier molecular flexibility index (Phi) is 7.29. The minimum Gasteiger partial charge on any atom is -0.383 e. The lowest BCUT2D eigenvalue weighted by Gasteiger charge is -2.26. The molecule has 174 valence electrons. The van der Waals surface area contributed by atoms with Crippen LogP contribution in [0, 0.1) is 0 Å². The molecule has 3 rings (SSSR count). The average Bonchev–Trinajstić information content (AvgIpc) is 3.20. The minimum absolute atomic E-state index is 0.0824. The highest BCUT2D eigenvalue weighted by Gasteiger charge is 2.34. The van der Waals surface area contributed by atoms with Gasteiger partial charge in [0.1, 0.15) is 5.75 Å². The molecule has 0 radical (unpaired) electrons. The highest BCUT2D eigenvalue weighted by Crippen LogP contribution is 2.34. The van der Waals surface area contributed by atoms with Crippen LogP contribution in [0.25, 0.3) is 0 Å². The number of benzene rings is 2. The summed E-state index contributed by atoms with van der Waals surface area (Å²) in [4.78, 5) is 14.3. The second kappa shape index (κ2) is 9.78. The number of anilines is 1. The van der Waals surface area contributed by atoms with Gasteiger partial charge >= 0.3 is 22.3 Å². The number of hydrogen-bond acceptors (Lipinski definition) is 5. The molecule has 0 bridgehead atoms. The van der Waals surface area contributed by atoms with Gasteiger partial charge in [-0.25, -0.2) is 4.79 Å². The smallest absolute Gasteiger partial charge is 0.383 e. The molecule has 1 aliphatic rings. The maximum absolute atomic E-state index is 13.3. The molecule has 1 unspecified atom stereocenters. The molecule has 0 aromatic heterocycles. The number of nitrogens with one attached hydrogen (secondary N) is 1. The molecule has 1 aliphatic heterocycles. The fourth-order valence-electron chi connectivity index (χ4n) is 3.33. The van der Waals surface area contributed by atoms with Gasteiger partial charge in [-0.2, -0.15) is 21.6 Å². The van der Waals surface area contributed by atoms with Crippen molar-refractivity contribution >= 4 is 21.8 Å². The van der Waals surface area contributed by atoms with Gasteiger partial charge in [-0.3, -0.25) is 0 Å². The van der Waals surface area contributed by atoms with E-state index in [1.165, 1.54) is 35.2 Å². The summed E-state index contributed by atoms with van der Waals surface area (Å²) in [6.07, 6.45) is -2.32. The number of nitrogens with zero attached hydrogens (tertiary/aromatic N) is 1. The van der Waals surface area contributed by atoms with Crippen LogP contribution in [0.2, 0.25) is 0 Å². The van der Waals surface area contributed by atoms with Gasteiger partial charge < -0.3 is 19.1 Å². The molecule has 1 atom stereocenters. The van der Waals surface area contributed by atoms with Crippen molar-refractivity contribution in [2.45, 2.75) is 31.7 Å². The average molecular weight is 472 g/mol. The summed E-state index contributed by atoms with van der Waals surface area (Å²) in [5, 5.41) is 2.36. The second-order valence-electron chi connectivity index (χ2n) is 7.42. The van der Waals surface area contributed by atoms with Crippen LogP contribution in [0.5, 0.6) is 5.75 Å². The summed E-state index contributed by atoms with van der Waals surface area (Å²) in [5.41, 5.74) is -0.630. The van der Waals surface area contributed by atoms with E-state index in [9.17, 15) is 26.4 Å². The SMILES string of the molecule is CS(=O)(=O)Oc1ccc(CN(CC2CCCO2)C(=O)Nc2ccccc2C(F)(F)F)cc1. The zero-order valence-electron chi connectivity index (χ0n) is 17.3. The van der Waals surface area contributed by atoms with Crippen molar-refractivity contribution in [3.63, 3.8) is 0 Å². The Labute approximate surface area is 184 Å². The van der Waals surface area contributed by atoms with Gasteiger partial charge in [0.25, 0.3) is 0 Å². The number of urea groups is 1. The Morgan fingerprint density at radius 1 is 1.19 bits per heavy atom. The Morgan fingerprint density at radius 2 is 1.88 bits per heavy atom. The lowest BCUT2D eigenvalue weighted by molar-refractivity contribution is -0.136. The van der Waals surface area contributed by atoms with E-state index < -0.39 is 27.9 Å². The topological polar surface area (TPSA) is 84.9 Å². The van der Waals surface area contributed by atoms with E-state index in [4.69, 9.17) is 8.92 Å². The van der Waals surface area contributed by atoms with Crippen LogP contribution in [-0.2, 0) is 27.6 Å². The number of amides is 2. The summed E-state index contributed by atoms with van der Waals surface area (Å²) in [6, 6.07) is 10.1. The molecule has 11 heteroatoms. The molecule has 2 aromatic carbocycles. The summed E-state index contributed by atoms with van der Waals surface area (Å²) in [7, 11) is -3.68. The molecule has 1 saturated heterocycles. The molecular weight excluding hydrogens is 449 g/mol. The van der Waals surface area contributed by atoms with E-state index in [-0.39, 0.29) is 30.6 Å². The predicted molar refractivity (Wildman–Crippen MR) is 112 cm³/mol. The van der Waals surface area contributed by atoms with Crippen LogP contribution in [-0.4, -0.2) is 44.9 Å². The Balaban J connectivity index is 1.78. The predicted octanol–water partition coefficient (Wildman–Crippen LogP) is 4.26. The van der Waals surface area contributed by atoms with Crippen LogP contribution >= 0.6 is 0 Å². The van der Waals surface area contributed by atoms with Crippen molar-refractivity contribution in [3.8, 4) is 5.75 Å². The van der Waals surface area contributed by atoms with E-state index in [1.807, 2.05) is 0 Å². The van der Waals surface area contributed by atoms with Gasteiger partial charge in [0.05, 0.1) is 23.6 Å². The third-order valence-electron chi connectivity index (χ3n) is 4.75. The van der Waals surface area contributed by atoms with Crippen LogP contribution < -0.4 is 9.50 Å². The first-order valence-corrected chi connectivity index (χ1v) is 11.6. The lowest BCUT2D eigenvalue weighted by Crippen LogP contribution is -2.40. The molecular formula is C21H23F3N2O5S. The zero-order chi connectivity index (χ0) is 23.4. The van der Waals surface area contributed by atoms with E-state index in [1.54, 1.807) is 12.1 Å². The van der Waals surface area contributed by atoms with Crippen molar-refractivity contribution in [3.05, 3.63) is 59.7 Å². The van der Waals surface area contributed by atoms with Gasteiger partial charge in [-0.15, -0.1) is 0 Å². The van der Waals surface area contributed by atoms with Crippen molar-refractivity contribution in [1.29, 1.82) is 0 Å². The summed E-state index contributed by atoms with van der Waals surface area (Å²) < 4.78 is 72.7. The number of ether oxygens (including phenoxy) is 1. The van der Waals surface area contributed by atoms with Gasteiger partial charge in [-0.1, -0.05) is 24.3 Å². The van der Waals surface area contributed by atoms with Gasteiger partial charge in [-0.05, 0) is 42.7 Å². The maximum Gasteiger partial charge on any atom is 0.418 e. The quantitative estimate of drug-likeness (QED) is 0.609. The zero-order valence-corrected chi connectivity index (χ0v) is 18.1. The fraction of sp³-hybridized carbons (Fsp3) is 0.381. The first kappa shape index (κ1) is 23.9. The highest BCUT2D eigenvalue weighted by atomic mass is 32.2. The summed E-state index contributed by atoms with van der Waals surface area (Å²) in [5.74, 6) is 0.116. The molecule has 2 amide bonds. The molecule has 2 aromatic rings. The molecule has 7 nitrogen and oxygen atoms in total. The van der Waals surface area contributed by atoms with E-state index >= 15 is 0 Å². The van der Waals surface area contributed by atoms with Gasteiger partial charge in [0, 0.05) is 19.7 Å². The van der Waals surface area contributed by atoms with Crippen molar-refractivity contribution in [1.82, 2.24) is 4.90 Å². The molecule has 32 heavy (non-hydrogen) atoms. The molecule has 0 spiro atoms. The van der Waals surface area contributed by atoms with Crippen LogP contribution in [0.4, 0.5) is 23.7 Å². The summed E-state index contributed by atoms with van der Waals surface area (Å²) >= 11 is 0. The van der Waals surface area contributed by atoms with Crippen molar-refractivity contribution in [2.24, 2.45) is 0 Å². The number of hydrogen-bond donors (Lipinski definition) is 1. The number of halogens is 3. The minimum atomic E-state index is -4.61. The Morgan fingerprint density at radius 3 is 2.47 bits per heavy atom. The van der Waals surface area contributed by atoms with E-state index in [2.05, 4.69) is 5.32 Å². The number of rotatable bonds is 7. The van der Waals surface area contributed by atoms with Crippen LogP contribution in [0.3, 0.4) is 0 Å². The number of para-hydroxylation sites is 1. The lowest BCUT2D eigenvalue weighted by atomic mass is 10.1. The number of carbonyl (C=O) groups excluding carboxylic acids is 1. The second-order valence-corrected chi connectivity index (χ2v) is 9.00. The Hall–Kier alpha value is -2.79. The molecule has 1 N–H and O–H groups in total. The Bertz CT molecular complexity index is 1040. The van der Waals surface area contributed by atoms with Crippen LogP contribution in [0.1, 0.15) is 24.0 Å². The fourth-order valence-corrected chi connectivity index (χ4v) is 3.79. The first-order chi connectivity index (χ1) is 15.0. The van der Waals surface area contributed by atoms with E-state index in [0.29, 0.717) is 12.2 Å².